The Kier molecular flexibility index (Phi) is 3.73. The van der Waals surface area contributed by atoms with Crippen LogP contribution in [0.5, 0.6) is 0 Å². The maximum Gasteiger partial charge on any atom is 0.290 e. The van der Waals surface area contributed by atoms with E-state index < -0.39 is 15.6 Å². The molecule has 0 amide bonds. The largest absolute Gasteiger partial charge is 0.290 e. The first kappa shape index (κ1) is 11.6. The van der Waals surface area contributed by atoms with Crippen molar-refractivity contribution in [2.24, 2.45) is 0 Å². The van der Waals surface area contributed by atoms with Crippen LogP contribution in [0.2, 0.25) is 0 Å². The third kappa shape index (κ3) is 3.28. The van der Waals surface area contributed by atoms with E-state index in [0.29, 0.717) is 11.4 Å². The number of rotatable bonds is 4. The first-order valence-electron chi connectivity index (χ1n) is 4.23. The predicted molar refractivity (Wildman–Crippen MR) is 54.5 cm³/mol. The first-order chi connectivity index (χ1) is 7.00. The second-order valence-corrected chi connectivity index (χ2v) is 4.08. The van der Waals surface area contributed by atoms with Crippen LogP contribution < -0.4 is 0 Å². The van der Waals surface area contributed by atoms with Crippen molar-refractivity contribution in [2.75, 3.05) is 5.75 Å². The highest BCUT2D eigenvalue weighted by Crippen LogP contribution is 2.15. The fraction of sp³-hybridized carbons (Fsp3) is 0.375. The van der Waals surface area contributed by atoms with Gasteiger partial charge in [0.1, 0.15) is 16.4 Å². The monoisotopic (exact) mass is 230 g/mol. The van der Waals surface area contributed by atoms with Crippen LogP contribution in [0.1, 0.15) is 11.4 Å². The maximum atomic E-state index is 10.5. The Morgan fingerprint density at radius 2 is 2.13 bits per heavy atom. The lowest BCUT2D eigenvalue weighted by molar-refractivity contribution is -0.385. The van der Waals surface area contributed by atoms with Gasteiger partial charge in [-0.25, -0.2) is 8.42 Å². The van der Waals surface area contributed by atoms with E-state index in [-0.39, 0.29) is 17.9 Å². The van der Waals surface area contributed by atoms with Crippen molar-refractivity contribution < 1.29 is 13.3 Å². The number of aryl methyl sites for hydroxylation is 2. The molecule has 82 valence electrons. The zero-order chi connectivity index (χ0) is 11.4. The third-order valence-electron chi connectivity index (χ3n) is 1.86. The highest BCUT2D eigenvalue weighted by Gasteiger charge is 2.11. The maximum absolute atomic E-state index is 10.5. The Bertz CT molecular complexity index is 448. The summed E-state index contributed by atoms with van der Waals surface area (Å²) in [7, 11) is -2.43. The normalized spacial score (nSPS) is 10.5. The van der Waals surface area contributed by atoms with Crippen LogP contribution in [0.25, 0.3) is 0 Å². The Balaban J connectivity index is 2.86. The average Bonchev–Trinajstić information content (AvgIpc) is 2.14. The van der Waals surface area contributed by atoms with Gasteiger partial charge in [0.25, 0.3) is 5.69 Å². The van der Waals surface area contributed by atoms with Gasteiger partial charge < -0.3 is 0 Å². The molecule has 0 saturated carbocycles. The van der Waals surface area contributed by atoms with Gasteiger partial charge in [0.2, 0.25) is 0 Å². The summed E-state index contributed by atoms with van der Waals surface area (Å²) < 4.78 is 20.7. The van der Waals surface area contributed by atoms with Crippen LogP contribution in [-0.4, -0.2) is 24.1 Å². The molecule has 1 heterocycles. The lowest BCUT2D eigenvalue weighted by Gasteiger charge is -1.99. The number of hydrogen-bond acceptors (Lipinski definition) is 5. The quantitative estimate of drug-likeness (QED) is 0.461. The third-order valence-corrected chi connectivity index (χ3v) is 2.45. The van der Waals surface area contributed by atoms with Crippen molar-refractivity contribution in [3.05, 3.63) is 33.6 Å². The van der Waals surface area contributed by atoms with E-state index in [1.165, 1.54) is 19.1 Å². The van der Waals surface area contributed by atoms with E-state index >= 15 is 0 Å². The van der Waals surface area contributed by atoms with Gasteiger partial charge in [0.05, 0.1) is 10.7 Å². The van der Waals surface area contributed by atoms with E-state index in [2.05, 4.69) is 4.98 Å². The lowest BCUT2D eigenvalue weighted by Crippen LogP contribution is -2.00. The van der Waals surface area contributed by atoms with Crippen LogP contribution >= 0.6 is 0 Å². The molecule has 0 bridgehead atoms. The fourth-order valence-electron chi connectivity index (χ4n) is 1.14. The molecule has 1 aromatic heterocycles. The minimum Gasteiger partial charge on any atom is -0.258 e. The minimum absolute atomic E-state index is 0.0135. The van der Waals surface area contributed by atoms with E-state index in [9.17, 15) is 18.5 Å². The fourth-order valence-corrected chi connectivity index (χ4v) is 1.56. The molecule has 0 unspecified atom stereocenters. The van der Waals surface area contributed by atoms with Gasteiger partial charge >= 0.3 is 0 Å². The number of aromatic nitrogens is 1. The van der Waals surface area contributed by atoms with Crippen molar-refractivity contribution in [3.8, 4) is 0 Å². The van der Waals surface area contributed by atoms with E-state index in [1.807, 2.05) is 0 Å². The molecule has 1 aromatic rings. The molecule has 0 aromatic carbocycles. The molecule has 0 aliphatic carbocycles. The minimum atomic E-state index is -2.43. The van der Waals surface area contributed by atoms with Crippen LogP contribution in [0.3, 0.4) is 0 Å². The van der Waals surface area contributed by atoms with Crippen molar-refractivity contribution >= 4 is 16.4 Å². The number of nitro groups is 1. The molecule has 0 fully saturated rings. The molecular weight excluding hydrogens is 220 g/mol. The molecule has 0 saturated heterocycles. The molecule has 0 spiro atoms. The Morgan fingerprint density at radius 3 is 2.60 bits per heavy atom. The molecule has 7 heteroatoms. The summed E-state index contributed by atoms with van der Waals surface area (Å²) in [6, 6.07) is 2.82. The Morgan fingerprint density at radius 1 is 1.47 bits per heavy atom. The number of thiol groups is 1. The Hall–Kier alpha value is -1.50. The van der Waals surface area contributed by atoms with Crippen LogP contribution in [0.4, 0.5) is 5.69 Å². The van der Waals surface area contributed by atoms with Crippen molar-refractivity contribution in [1.29, 1.82) is 0 Å². The SMILES string of the molecule is Cc1nc(CC[SH](=O)=O)ccc1[N+](=O)[O-]. The molecule has 0 aliphatic rings. The number of pyridine rings is 1. The molecule has 6 nitrogen and oxygen atoms in total. The molecule has 0 aliphatic heterocycles. The van der Waals surface area contributed by atoms with Crippen molar-refractivity contribution in [1.82, 2.24) is 4.98 Å². The Labute approximate surface area is 88.1 Å². The zero-order valence-corrected chi connectivity index (χ0v) is 8.94. The number of hydrogen-bond donors (Lipinski definition) is 1. The summed E-state index contributed by atoms with van der Waals surface area (Å²) >= 11 is 0. The molecule has 0 atom stereocenters. The van der Waals surface area contributed by atoms with E-state index in [0.717, 1.165) is 0 Å². The van der Waals surface area contributed by atoms with Gasteiger partial charge in [-0.3, -0.25) is 15.1 Å². The summed E-state index contributed by atoms with van der Waals surface area (Å²) in [5, 5.41) is 10.5. The highest BCUT2D eigenvalue weighted by molar-refractivity contribution is 7.72. The van der Waals surface area contributed by atoms with Gasteiger partial charge in [0.15, 0.2) is 0 Å². The van der Waals surface area contributed by atoms with E-state index in [1.54, 1.807) is 0 Å². The summed E-state index contributed by atoms with van der Waals surface area (Å²) in [4.78, 5) is 13.9. The van der Waals surface area contributed by atoms with Crippen molar-refractivity contribution in [2.45, 2.75) is 13.3 Å². The molecule has 0 radical (unpaired) electrons. The lowest BCUT2D eigenvalue weighted by atomic mass is 10.2. The summed E-state index contributed by atoms with van der Waals surface area (Å²) in [6.07, 6.45) is 0.289. The topological polar surface area (TPSA) is 90.2 Å². The summed E-state index contributed by atoms with van der Waals surface area (Å²) in [5.74, 6) is 0.0135. The summed E-state index contributed by atoms with van der Waals surface area (Å²) in [5.41, 5.74) is 0.807. The second kappa shape index (κ2) is 4.83. The van der Waals surface area contributed by atoms with E-state index in [4.69, 9.17) is 0 Å². The van der Waals surface area contributed by atoms with Gasteiger partial charge in [-0.1, -0.05) is 0 Å². The van der Waals surface area contributed by atoms with Gasteiger partial charge in [-0.15, -0.1) is 0 Å². The average molecular weight is 230 g/mol. The molecule has 1 rings (SSSR count). The molecule has 0 N–H and O–H groups in total. The second-order valence-electron chi connectivity index (χ2n) is 2.97. The van der Waals surface area contributed by atoms with Crippen molar-refractivity contribution in [3.63, 3.8) is 0 Å². The highest BCUT2D eigenvalue weighted by atomic mass is 32.2. The van der Waals surface area contributed by atoms with Gasteiger partial charge in [-0.05, 0) is 13.0 Å². The van der Waals surface area contributed by atoms with Crippen LogP contribution in [-0.2, 0) is 17.1 Å². The molecule has 15 heavy (non-hydrogen) atoms. The smallest absolute Gasteiger partial charge is 0.258 e. The van der Waals surface area contributed by atoms with Gasteiger partial charge in [-0.2, -0.15) is 0 Å². The number of nitrogens with zero attached hydrogens (tertiary/aromatic N) is 2. The molecular formula is C8H10N2O4S. The first-order valence-corrected chi connectivity index (χ1v) is 5.59. The standard InChI is InChI=1S/C8H10N2O4S/c1-6-8(10(11)12)3-2-7(9-6)4-5-15(13)14/h2-3,15H,4-5H2,1H3. The predicted octanol–water partition coefficient (Wildman–Crippen LogP) is 0.452. The van der Waals surface area contributed by atoms with Crippen LogP contribution in [0.15, 0.2) is 12.1 Å². The van der Waals surface area contributed by atoms with Gasteiger partial charge in [0, 0.05) is 18.2 Å². The summed E-state index contributed by atoms with van der Waals surface area (Å²) in [6.45, 7) is 1.53. The zero-order valence-electron chi connectivity index (χ0n) is 8.04. The van der Waals surface area contributed by atoms with Crippen LogP contribution in [0, 0.1) is 17.0 Å².